The second kappa shape index (κ2) is 5.73. The molecule has 2 unspecified atom stereocenters. The maximum absolute atomic E-state index is 12.3. The number of carbonyl (C=O) groups is 2. The maximum atomic E-state index is 12.3. The molecule has 21 heavy (non-hydrogen) atoms. The fourth-order valence-corrected chi connectivity index (χ4v) is 2.78. The molecule has 2 aliphatic heterocycles. The first-order chi connectivity index (χ1) is 10.1. The van der Waals surface area contributed by atoms with E-state index in [0.29, 0.717) is 31.3 Å². The van der Waals surface area contributed by atoms with E-state index in [-0.39, 0.29) is 17.9 Å². The molecule has 2 N–H and O–H groups in total. The van der Waals surface area contributed by atoms with Crippen LogP contribution in [0.25, 0.3) is 0 Å². The van der Waals surface area contributed by atoms with E-state index in [2.05, 4.69) is 17.6 Å². The third kappa shape index (κ3) is 2.85. The maximum Gasteiger partial charge on any atom is 0.414 e. The fourth-order valence-electron chi connectivity index (χ4n) is 2.78. The molecule has 2 atom stereocenters. The van der Waals surface area contributed by atoms with Crippen LogP contribution in [-0.2, 0) is 9.53 Å². The minimum atomic E-state index is -0.341. The van der Waals surface area contributed by atoms with Gasteiger partial charge in [-0.15, -0.1) is 0 Å². The average molecular weight is 289 g/mol. The number of cyclic esters (lactones) is 1. The molecule has 0 aromatic heterocycles. The predicted octanol–water partition coefficient (Wildman–Crippen LogP) is 1.44. The highest BCUT2D eigenvalue weighted by Gasteiger charge is 2.29. The van der Waals surface area contributed by atoms with E-state index in [4.69, 9.17) is 4.74 Å². The molecule has 3 rings (SSSR count). The summed E-state index contributed by atoms with van der Waals surface area (Å²) in [7, 11) is 0. The van der Waals surface area contributed by atoms with Crippen molar-refractivity contribution in [2.75, 3.05) is 36.5 Å². The lowest BCUT2D eigenvalue weighted by Gasteiger charge is -2.16. The van der Waals surface area contributed by atoms with Crippen LogP contribution in [0, 0.1) is 11.8 Å². The van der Waals surface area contributed by atoms with Crippen LogP contribution in [0.5, 0.6) is 0 Å². The number of benzene rings is 1. The Kier molecular flexibility index (Phi) is 3.79. The summed E-state index contributed by atoms with van der Waals surface area (Å²) >= 11 is 0. The normalized spacial score (nSPS) is 25.0. The molecule has 2 amide bonds. The molecule has 6 nitrogen and oxygen atoms in total. The van der Waals surface area contributed by atoms with Gasteiger partial charge < -0.3 is 15.4 Å². The summed E-state index contributed by atoms with van der Waals surface area (Å²) in [4.78, 5) is 25.4. The van der Waals surface area contributed by atoms with Gasteiger partial charge in [0.05, 0.1) is 12.5 Å². The molecule has 0 bridgehead atoms. The summed E-state index contributed by atoms with van der Waals surface area (Å²) in [6, 6.07) is 7.29. The van der Waals surface area contributed by atoms with E-state index in [0.717, 1.165) is 12.2 Å². The number of rotatable bonds is 3. The molecule has 112 valence electrons. The number of carbonyl (C=O) groups excluding carboxylic acids is 2. The molecule has 0 radical (unpaired) electrons. The van der Waals surface area contributed by atoms with Crippen LogP contribution in [0.4, 0.5) is 16.2 Å². The van der Waals surface area contributed by atoms with Crippen molar-refractivity contribution in [3.63, 3.8) is 0 Å². The topological polar surface area (TPSA) is 70.7 Å². The van der Waals surface area contributed by atoms with Crippen LogP contribution >= 0.6 is 0 Å². The van der Waals surface area contributed by atoms with Gasteiger partial charge in [0.1, 0.15) is 6.61 Å². The van der Waals surface area contributed by atoms with E-state index in [1.54, 1.807) is 11.0 Å². The zero-order chi connectivity index (χ0) is 14.8. The van der Waals surface area contributed by atoms with E-state index >= 15 is 0 Å². The average Bonchev–Trinajstić information content (AvgIpc) is 3.07. The monoisotopic (exact) mass is 289 g/mol. The highest BCUT2D eigenvalue weighted by Crippen LogP contribution is 2.24. The molecule has 1 aromatic rings. The van der Waals surface area contributed by atoms with Gasteiger partial charge >= 0.3 is 6.09 Å². The SMILES string of the molecule is CC1CNCC1C(=O)Nc1cccc(N2CCOC2=O)c1. The smallest absolute Gasteiger partial charge is 0.414 e. The van der Waals surface area contributed by atoms with Gasteiger partial charge in [-0.25, -0.2) is 4.79 Å². The Bertz CT molecular complexity index is 561. The Balaban J connectivity index is 1.71. The van der Waals surface area contributed by atoms with Gasteiger partial charge in [-0.05, 0) is 30.7 Å². The van der Waals surface area contributed by atoms with Crippen molar-refractivity contribution < 1.29 is 14.3 Å². The van der Waals surface area contributed by atoms with Gasteiger partial charge in [-0.3, -0.25) is 9.69 Å². The number of nitrogens with one attached hydrogen (secondary N) is 2. The van der Waals surface area contributed by atoms with Crippen LogP contribution in [0.2, 0.25) is 0 Å². The van der Waals surface area contributed by atoms with Gasteiger partial charge in [-0.2, -0.15) is 0 Å². The third-order valence-corrected chi connectivity index (χ3v) is 4.04. The molecule has 0 saturated carbocycles. The van der Waals surface area contributed by atoms with Gasteiger partial charge in [0.15, 0.2) is 0 Å². The molecule has 0 aliphatic carbocycles. The Labute approximate surface area is 123 Å². The molecule has 2 aliphatic rings. The number of hydrogen-bond acceptors (Lipinski definition) is 4. The van der Waals surface area contributed by atoms with E-state index in [1.807, 2.05) is 18.2 Å². The fraction of sp³-hybridized carbons (Fsp3) is 0.467. The zero-order valence-corrected chi connectivity index (χ0v) is 12.0. The molecule has 1 aromatic carbocycles. The van der Waals surface area contributed by atoms with E-state index in [1.165, 1.54) is 0 Å². The third-order valence-electron chi connectivity index (χ3n) is 4.04. The molecular weight excluding hydrogens is 270 g/mol. The van der Waals surface area contributed by atoms with E-state index in [9.17, 15) is 9.59 Å². The number of anilines is 2. The van der Waals surface area contributed by atoms with Crippen LogP contribution in [-0.4, -0.2) is 38.2 Å². The van der Waals surface area contributed by atoms with Gasteiger partial charge in [-0.1, -0.05) is 13.0 Å². The molecule has 2 fully saturated rings. The molecular formula is C15H19N3O3. The predicted molar refractivity (Wildman–Crippen MR) is 79.3 cm³/mol. The molecule has 0 spiro atoms. The van der Waals surface area contributed by atoms with Crippen LogP contribution in [0.1, 0.15) is 6.92 Å². The summed E-state index contributed by atoms with van der Waals surface area (Å²) in [5.41, 5.74) is 1.45. The lowest BCUT2D eigenvalue weighted by Crippen LogP contribution is -2.28. The summed E-state index contributed by atoms with van der Waals surface area (Å²) < 4.78 is 4.93. The Hall–Kier alpha value is -2.08. The largest absolute Gasteiger partial charge is 0.447 e. The minimum Gasteiger partial charge on any atom is -0.447 e. The first kappa shape index (κ1) is 13.9. The number of nitrogens with zero attached hydrogens (tertiary/aromatic N) is 1. The van der Waals surface area contributed by atoms with Gasteiger partial charge in [0.25, 0.3) is 0 Å². The second-order valence-electron chi connectivity index (χ2n) is 5.55. The second-order valence-corrected chi connectivity index (χ2v) is 5.55. The lowest BCUT2D eigenvalue weighted by molar-refractivity contribution is -0.120. The van der Waals surface area contributed by atoms with Crippen molar-refractivity contribution in [1.29, 1.82) is 0 Å². The number of amides is 2. The van der Waals surface area contributed by atoms with Crippen molar-refractivity contribution in [1.82, 2.24) is 5.32 Å². The standard InChI is InChI=1S/C15H19N3O3/c1-10-8-16-9-13(10)14(19)17-11-3-2-4-12(7-11)18-5-6-21-15(18)20/h2-4,7,10,13,16H,5-6,8-9H2,1H3,(H,17,19). The van der Waals surface area contributed by atoms with Crippen molar-refractivity contribution in [3.05, 3.63) is 24.3 Å². The Morgan fingerprint density at radius 3 is 2.95 bits per heavy atom. The Morgan fingerprint density at radius 1 is 1.43 bits per heavy atom. The lowest BCUT2D eigenvalue weighted by atomic mass is 9.97. The van der Waals surface area contributed by atoms with Gasteiger partial charge in [0, 0.05) is 17.9 Å². The first-order valence-corrected chi connectivity index (χ1v) is 7.21. The quantitative estimate of drug-likeness (QED) is 0.883. The van der Waals surface area contributed by atoms with E-state index < -0.39 is 0 Å². The van der Waals surface area contributed by atoms with Crippen molar-refractivity contribution in [2.24, 2.45) is 11.8 Å². The summed E-state index contributed by atoms with van der Waals surface area (Å²) in [5.74, 6) is 0.348. The van der Waals surface area contributed by atoms with Crippen LogP contribution in [0.15, 0.2) is 24.3 Å². The van der Waals surface area contributed by atoms with Crippen molar-refractivity contribution in [2.45, 2.75) is 6.92 Å². The number of hydrogen-bond donors (Lipinski definition) is 2. The molecule has 2 saturated heterocycles. The van der Waals surface area contributed by atoms with Crippen molar-refractivity contribution >= 4 is 23.4 Å². The zero-order valence-electron chi connectivity index (χ0n) is 12.0. The number of ether oxygens (including phenoxy) is 1. The Morgan fingerprint density at radius 2 is 2.29 bits per heavy atom. The molecule has 6 heteroatoms. The van der Waals surface area contributed by atoms with Crippen LogP contribution in [0.3, 0.4) is 0 Å². The summed E-state index contributed by atoms with van der Waals surface area (Å²) in [5, 5.41) is 6.16. The summed E-state index contributed by atoms with van der Waals surface area (Å²) in [6.07, 6.45) is -0.341. The first-order valence-electron chi connectivity index (χ1n) is 7.21. The highest BCUT2D eigenvalue weighted by molar-refractivity contribution is 5.95. The van der Waals surface area contributed by atoms with Gasteiger partial charge in [0.2, 0.25) is 5.91 Å². The van der Waals surface area contributed by atoms with Crippen molar-refractivity contribution in [3.8, 4) is 0 Å². The molecule has 2 heterocycles. The van der Waals surface area contributed by atoms with Crippen LogP contribution < -0.4 is 15.5 Å². The summed E-state index contributed by atoms with van der Waals surface area (Å²) in [6.45, 7) is 4.60. The minimum absolute atomic E-state index is 0.00888. The highest BCUT2D eigenvalue weighted by atomic mass is 16.6.